The molecule has 0 aromatic rings. The predicted molar refractivity (Wildman–Crippen MR) is 132 cm³/mol. The molecule has 12 nitrogen and oxygen atoms in total. The average Bonchev–Trinajstić information content (AvgIpc) is 2.75. The van der Waals surface area contributed by atoms with Crippen LogP contribution in [0.25, 0.3) is 0 Å². The summed E-state index contributed by atoms with van der Waals surface area (Å²) in [6.45, 7) is 12.8. The van der Waals surface area contributed by atoms with E-state index in [0.29, 0.717) is 12.9 Å². The van der Waals surface area contributed by atoms with Crippen LogP contribution in [0.2, 0.25) is 0 Å². The minimum absolute atomic E-state index is 0. The van der Waals surface area contributed by atoms with Crippen LogP contribution < -0.4 is 15.3 Å². The van der Waals surface area contributed by atoms with Crippen molar-refractivity contribution in [2.75, 3.05) is 26.4 Å². The van der Waals surface area contributed by atoms with Gasteiger partial charge in [0, 0.05) is 57.0 Å². The van der Waals surface area contributed by atoms with Crippen LogP contribution in [0.5, 0.6) is 0 Å². The van der Waals surface area contributed by atoms with Gasteiger partial charge in [-0.2, -0.15) is 0 Å². The third-order valence-corrected chi connectivity index (χ3v) is 3.56. The molecule has 0 spiro atoms. The second-order valence-electron chi connectivity index (χ2n) is 7.93. The number of ether oxygens (including phenoxy) is 3. The Kier molecular flexibility index (Phi) is 43.3. The maximum atomic E-state index is 9.83. The van der Waals surface area contributed by atoms with Crippen molar-refractivity contribution in [2.45, 2.75) is 99.3 Å². The zero-order chi connectivity index (χ0) is 30.4. The number of carboxylic acid groups (broad SMARTS) is 3. The van der Waals surface area contributed by atoms with Gasteiger partial charge in [0.1, 0.15) is 17.3 Å². The van der Waals surface area contributed by atoms with Crippen LogP contribution >= 0.6 is 0 Å². The van der Waals surface area contributed by atoms with Crippen LogP contribution in [-0.4, -0.2) is 61.7 Å². The second-order valence-corrected chi connectivity index (χ2v) is 7.93. The molecule has 0 saturated heterocycles. The molecule has 0 bridgehead atoms. The van der Waals surface area contributed by atoms with E-state index in [9.17, 15) is 44.1 Å². The molecule has 0 aliphatic rings. The standard InChI is InChI=1S/C14H29O3.3C4H6O3.Ti/c1-4-7-10-15-13-14(16-11-8-5-2)17-12-9-6-3;3*1-3(5)2-4(6)7;/h4-13H2,1-3H3;3*2H2,1H3,(H,6,7);/q-1;;;;+4/p-3. The van der Waals surface area contributed by atoms with Gasteiger partial charge in [0.25, 0.3) is 0 Å². The Balaban J connectivity index is -0.000000146. The molecule has 13 heteroatoms. The molecule has 0 aromatic heterocycles. The molecule has 0 fully saturated rings. The van der Waals surface area contributed by atoms with Crippen molar-refractivity contribution in [3.05, 3.63) is 6.29 Å². The van der Waals surface area contributed by atoms with Crippen LogP contribution in [-0.2, 0) is 64.7 Å². The first-order chi connectivity index (χ1) is 17.7. The monoisotopic (exact) mass is 596 g/mol. The fraction of sp³-hybridized carbons (Fsp3) is 0.731. The van der Waals surface area contributed by atoms with Gasteiger partial charge in [-0.3, -0.25) is 14.4 Å². The Bertz CT molecular complexity index is 545. The summed E-state index contributed by atoms with van der Waals surface area (Å²) in [5.74, 6) is -5.06. The quantitative estimate of drug-likeness (QED) is 0.0842. The molecule has 0 saturated carbocycles. The van der Waals surface area contributed by atoms with Crippen LogP contribution in [0.15, 0.2) is 0 Å². The number of ketones is 3. The molecule has 0 aliphatic carbocycles. The first-order valence-electron chi connectivity index (χ1n) is 12.5. The first kappa shape index (κ1) is 46.8. The molecule has 0 aromatic carbocycles. The van der Waals surface area contributed by atoms with Crippen molar-refractivity contribution in [1.29, 1.82) is 0 Å². The van der Waals surface area contributed by atoms with Gasteiger partial charge in [0.15, 0.2) is 0 Å². The second kappa shape index (κ2) is 36.0. The minimum atomic E-state index is -1.31. The number of hydrogen-bond acceptors (Lipinski definition) is 12. The Morgan fingerprint density at radius 3 is 1.05 bits per heavy atom. The third kappa shape index (κ3) is 61.6. The van der Waals surface area contributed by atoms with E-state index in [1.165, 1.54) is 20.8 Å². The number of carbonyl (C=O) groups excluding carboxylic acids is 6. The predicted octanol–water partition coefficient (Wildman–Crippen LogP) is 0.0697. The third-order valence-electron chi connectivity index (χ3n) is 3.56. The molecule has 0 amide bonds. The van der Waals surface area contributed by atoms with Crippen LogP contribution in [0.1, 0.15) is 99.3 Å². The summed E-state index contributed by atoms with van der Waals surface area (Å²) in [6, 6.07) is 0. The molecule has 0 rings (SSSR count). The number of Topliss-reactive ketones (excluding diaryl/α,β-unsaturated/α-hetero) is 3. The number of rotatable bonds is 19. The van der Waals surface area contributed by atoms with Crippen molar-refractivity contribution < 1.29 is 80.0 Å². The topological polar surface area (TPSA) is 199 Å². The van der Waals surface area contributed by atoms with Crippen LogP contribution in [0, 0.1) is 6.29 Å². The van der Waals surface area contributed by atoms with E-state index in [0.717, 1.165) is 58.3 Å². The van der Waals surface area contributed by atoms with E-state index in [4.69, 9.17) is 14.2 Å². The van der Waals surface area contributed by atoms with Gasteiger partial charge in [-0.1, -0.05) is 46.3 Å². The number of hydrogen-bond donors (Lipinski definition) is 0. The summed E-state index contributed by atoms with van der Waals surface area (Å²) in [7, 11) is 0. The van der Waals surface area contributed by atoms with Gasteiger partial charge in [-0.15, -0.1) is 0 Å². The first-order valence-corrected chi connectivity index (χ1v) is 12.5. The minimum Gasteiger partial charge on any atom is -0.550 e. The molecule has 0 heterocycles. The average molecular weight is 596 g/mol. The Morgan fingerprint density at radius 1 is 0.564 bits per heavy atom. The molecule has 0 unspecified atom stereocenters. The molecule has 0 N–H and O–H groups in total. The van der Waals surface area contributed by atoms with E-state index in [1.807, 2.05) is 0 Å². The largest absolute Gasteiger partial charge is 4.00 e. The van der Waals surface area contributed by atoms with Gasteiger partial charge in [-0.05, 0) is 46.6 Å². The fourth-order valence-corrected chi connectivity index (χ4v) is 1.80. The molecular weight excluding hydrogens is 552 g/mol. The zero-order valence-corrected chi connectivity index (χ0v) is 25.7. The Labute approximate surface area is 247 Å². The number of carboxylic acids is 3. The van der Waals surface area contributed by atoms with Gasteiger partial charge < -0.3 is 43.9 Å². The maximum Gasteiger partial charge on any atom is 4.00 e. The van der Waals surface area contributed by atoms with Gasteiger partial charge in [0.2, 0.25) is 0 Å². The molecule has 0 radical (unpaired) electrons. The summed E-state index contributed by atoms with van der Waals surface area (Å²) in [5, 5.41) is 28.4. The number of aliphatic carboxylic acids is 3. The number of carbonyl (C=O) groups is 6. The molecule has 0 atom stereocenters. The van der Waals surface area contributed by atoms with Crippen molar-refractivity contribution in [3.63, 3.8) is 0 Å². The molecular formula is C26H44O12Ti. The molecule has 224 valence electrons. The van der Waals surface area contributed by atoms with Gasteiger partial charge in [-0.25, -0.2) is 0 Å². The smallest absolute Gasteiger partial charge is 0.550 e. The molecule has 0 aliphatic heterocycles. The summed E-state index contributed by atoms with van der Waals surface area (Å²) < 4.78 is 16.7. The fourth-order valence-electron chi connectivity index (χ4n) is 1.80. The van der Waals surface area contributed by atoms with E-state index in [2.05, 4.69) is 20.8 Å². The normalized spacial score (nSPS) is 9.31. The van der Waals surface area contributed by atoms with E-state index in [-0.39, 0.29) is 39.1 Å². The number of unbranched alkanes of at least 4 members (excludes halogenated alkanes) is 3. The van der Waals surface area contributed by atoms with Crippen LogP contribution in [0.4, 0.5) is 0 Å². The Morgan fingerprint density at radius 2 is 0.846 bits per heavy atom. The van der Waals surface area contributed by atoms with Crippen molar-refractivity contribution in [1.82, 2.24) is 0 Å². The maximum absolute atomic E-state index is 9.83. The Hall–Kier alpha value is -1.99. The summed E-state index contributed by atoms with van der Waals surface area (Å²) in [4.78, 5) is 57.9. The van der Waals surface area contributed by atoms with E-state index < -0.39 is 37.2 Å². The zero-order valence-electron chi connectivity index (χ0n) is 24.1. The molecule has 39 heavy (non-hydrogen) atoms. The van der Waals surface area contributed by atoms with Gasteiger partial charge >= 0.3 is 21.7 Å². The summed E-state index contributed by atoms with van der Waals surface area (Å²) >= 11 is 0. The summed E-state index contributed by atoms with van der Waals surface area (Å²) in [6.07, 6.45) is 5.89. The van der Waals surface area contributed by atoms with Crippen molar-refractivity contribution >= 4 is 35.3 Å². The van der Waals surface area contributed by atoms with Crippen molar-refractivity contribution in [2.24, 2.45) is 0 Å². The van der Waals surface area contributed by atoms with Crippen molar-refractivity contribution in [3.8, 4) is 0 Å². The van der Waals surface area contributed by atoms with Gasteiger partial charge in [0.05, 0.1) is 0 Å². The SMILES string of the molecule is CC(=O)CC(=O)[O-].CC(=O)CC(=O)[O-].CC(=O)CC(=O)[O-].CCCCOC[C-](OCCCC)OCCCC.[Ti+4]. The van der Waals surface area contributed by atoms with Crippen LogP contribution in [0.3, 0.4) is 0 Å². The van der Waals surface area contributed by atoms with E-state index >= 15 is 0 Å². The summed E-state index contributed by atoms with van der Waals surface area (Å²) in [5.41, 5.74) is 0. The van der Waals surface area contributed by atoms with E-state index in [1.54, 1.807) is 0 Å².